The predicted molar refractivity (Wildman–Crippen MR) is 80.9 cm³/mol. The van der Waals surface area contributed by atoms with E-state index in [2.05, 4.69) is 23.2 Å². The molecular weight excluding hydrogens is 260 g/mol. The van der Waals surface area contributed by atoms with Crippen molar-refractivity contribution in [2.45, 2.75) is 38.8 Å². The molecule has 0 radical (unpaired) electrons. The fourth-order valence-electron chi connectivity index (χ4n) is 2.52. The second-order valence-corrected chi connectivity index (χ2v) is 5.49. The third-order valence-corrected chi connectivity index (χ3v) is 4.01. The highest BCUT2D eigenvalue weighted by molar-refractivity contribution is 6.30. The van der Waals surface area contributed by atoms with Gasteiger partial charge in [-0.15, -0.1) is 0 Å². The molecular formula is C15H23ClN2O. The van der Waals surface area contributed by atoms with Crippen LogP contribution in [0, 0.1) is 0 Å². The quantitative estimate of drug-likeness (QED) is 0.807. The highest BCUT2D eigenvalue weighted by atomic mass is 35.5. The van der Waals surface area contributed by atoms with Gasteiger partial charge in [-0.25, -0.2) is 0 Å². The molecule has 1 saturated carbocycles. The topological polar surface area (TPSA) is 35.5 Å². The zero-order valence-electron chi connectivity index (χ0n) is 11.5. The largest absolute Gasteiger partial charge is 0.395 e. The van der Waals surface area contributed by atoms with Crippen LogP contribution in [-0.4, -0.2) is 30.8 Å². The van der Waals surface area contributed by atoms with Crippen LogP contribution in [0.25, 0.3) is 0 Å². The third kappa shape index (κ3) is 3.62. The lowest BCUT2D eigenvalue weighted by atomic mass is 9.90. The number of aliphatic hydroxyl groups is 1. The van der Waals surface area contributed by atoms with Crippen LogP contribution in [0.3, 0.4) is 0 Å². The molecule has 0 saturated heterocycles. The van der Waals surface area contributed by atoms with E-state index in [0.717, 1.165) is 18.1 Å². The minimum atomic E-state index is 0.184. The summed E-state index contributed by atoms with van der Waals surface area (Å²) in [5.41, 5.74) is 2.43. The number of hydrogen-bond donors (Lipinski definition) is 2. The molecule has 0 spiro atoms. The van der Waals surface area contributed by atoms with E-state index in [4.69, 9.17) is 11.6 Å². The summed E-state index contributed by atoms with van der Waals surface area (Å²) in [5, 5.41) is 13.4. The number of hydrogen-bond acceptors (Lipinski definition) is 3. The zero-order chi connectivity index (χ0) is 13.7. The van der Waals surface area contributed by atoms with Gasteiger partial charge in [0.2, 0.25) is 0 Å². The van der Waals surface area contributed by atoms with Gasteiger partial charge >= 0.3 is 0 Å². The zero-order valence-corrected chi connectivity index (χ0v) is 12.3. The van der Waals surface area contributed by atoms with E-state index in [9.17, 15) is 5.11 Å². The van der Waals surface area contributed by atoms with Crippen molar-refractivity contribution >= 4 is 17.3 Å². The standard InChI is InChI=1S/C15H23ClN2O/c1-2-17-11-12-6-7-13(16)10-15(12)18(8-9-19)14-4-3-5-14/h6-7,10,14,17,19H,2-5,8-9,11H2,1H3. The first-order chi connectivity index (χ1) is 9.26. The van der Waals surface area contributed by atoms with Gasteiger partial charge in [0, 0.05) is 29.8 Å². The summed E-state index contributed by atoms with van der Waals surface area (Å²) < 4.78 is 0. The summed E-state index contributed by atoms with van der Waals surface area (Å²) in [6, 6.07) is 6.62. The first kappa shape index (κ1) is 14.6. The van der Waals surface area contributed by atoms with E-state index in [-0.39, 0.29) is 6.61 Å². The van der Waals surface area contributed by atoms with Crippen LogP contribution in [0.15, 0.2) is 18.2 Å². The Kier molecular flexibility index (Phi) is 5.49. The first-order valence-corrected chi connectivity index (χ1v) is 7.50. The normalized spacial score (nSPS) is 15.3. The van der Waals surface area contributed by atoms with Gasteiger partial charge < -0.3 is 15.3 Å². The molecule has 3 nitrogen and oxygen atoms in total. The van der Waals surface area contributed by atoms with Crippen molar-refractivity contribution in [3.8, 4) is 0 Å². The average Bonchev–Trinajstić information content (AvgIpc) is 2.34. The molecule has 1 aromatic rings. The number of benzene rings is 1. The van der Waals surface area contributed by atoms with E-state index < -0.39 is 0 Å². The maximum atomic E-state index is 9.31. The number of aliphatic hydroxyl groups excluding tert-OH is 1. The Morgan fingerprint density at radius 2 is 2.21 bits per heavy atom. The van der Waals surface area contributed by atoms with Crippen molar-refractivity contribution in [1.29, 1.82) is 0 Å². The molecule has 19 heavy (non-hydrogen) atoms. The van der Waals surface area contributed by atoms with E-state index in [1.807, 2.05) is 12.1 Å². The highest BCUT2D eigenvalue weighted by Gasteiger charge is 2.26. The summed E-state index contributed by atoms with van der Waals surface area (Å²) in [5.74, 6) is 0. The van der Waals surface area contributed by atoms with Crippen LogP contribution in [-0.2, 0) is 6.54 Å². The van der Waals surface area contributed by atoms with Gasteiger partial charge in [-0.3, -0.25) is 0 Å². The van der Waals surface area contributed by atoms with Crippen LogP contribution in [0.5, 0.6) is 0 Å². The Bertz CT molecular complexity index is 407. The lowest BCUT2D eigenvalue weighted by Gasteiger charge is -2.40. The molecule has 0 aliphatic heterocycles. The summed E-state index contributed by atoms with van der Waals surface area (Å²) in [6.07, 6.45) is 3.72. The van der Waals surface area contributed by atoms with Crippen molar-refractivity contribution in [2.75, 3.05) is 24.6 Å². The van der Waals surface area contributed by atoms with E-state index in [1.54, 1.807) is 0 Å². The van der Waals surface area contributed by atoms with Crippen molar-refractivity contribution < 1.29 is 5.11 Å². The first-order valence-electron chi connectivity index (χ1n) is 7.13. The molecule has 0 heterocycles. The van der Waals surface area contributed by atoms with Gasteiger partial charge in [0.15, 0.2) is 0 Å². The SMILES string of the molecule is CCNCc1ccc(Cl)cc1N(CCO)C1CCC1. The molecule has 1 aliphatic carbocycles. The van der Waals surface area contributed by atoms with Gasteiger partial charge in [0.05, 0.1) is 6.61 Å². The molecule has 1 aromatic carbocycles. The minimum Gasteiger partial charge on any atom is -0.395 e. The van der Waals surface area contributed by atoms with Crippen molar-refractivity contribution in [3.63, 3.8) is 0 Å². The molecule has 0 amide bonds. The van der Waals surface area contributed by atoms with E-state index in [1.165, 1.54) is 30.5 Å². The van der Waals surface area contributed by atoms with Crippen LogP contribution >= 0.6 is 11.6 Å². The van der Waals surface area contributed by atoms with Crippen LogP contribution < -0.4 is 10.2 Å². The molecule has 1 aliphatic rings. The van der Waals surface area contributed by atoms with Gasteiger partial charge in [0.25, 0.3) is 0 Å². The maximum Gasteiger partial charge on any atom is 0.0606 e. The predicted octanol–water partition coefficient (Wildman–Crippen LogP) is 2.80. The summed E-state index contributed by atoms with van der Waals surface area (Å²) in [7, 11) is 0. The molecule has 0 unspecified atom stereocenters. The number of halogens is 1. The molecule has 4 heteroatoms. The summed E-state index contributed by atoms with van der Waals surface area (Å²) in [4.78, 5) is 2.32. The number of rotatable bonds is 7. The lowest BCUT2D eigenvalue weighted by Crippen LogP contribution is -2.42. The summed E-state index contributed by atoms with van der Waals surface area (Å²) >= 11 is 6.15. The van der Waals surface area contributed by atoms with E-state index >= 15 is 0 Å². The highest BCUT2D eigenvalue weighted by Crippen LogP contribution is 2.33. The van der Waals surface area contributed by atoms with Crippen LogP contribution in [0.4, 0.5) is 5.69 Å². The fraction of sp³-hybridized carbons (Fsp3) is 0.600. The fourth-order valence-corrected chi connectivity index (χ4v) is 2.69. The monoisotopic (exact) mass is 282 g/mol. The number of nitrogens with zero attached hydrogens (tertiary/aromatic N) is 1. The second-order valence-electron chi connectivity index (χ2n) is 5.06. The Morgan fingerprint density at radius 1 is 1.42 bits per heavy atom. The third-order valence-electron chi connectivity index (χ3n) is 3.78. The van der Waals surface area contributed by atoms with Crippen LogP contribution in [0.2, 0.25) is 5.02 Å². The van der Waals surface area contributed by atoms with Crippen molar-refractivity contribution in [2.24, 2.45) is 0 Å². The van der Waals surface area contributed by atoms with Gasteiger partial charge in [-0.1, -0.05) is 24.6 Å². The van der Waals surface area contributed by atoms with E-state index in [0.29, 0.717) is 12.6 Å². The summed E-state index contributed by atoms with van der Waals surface area (Å²) in [6.45, 7) is 4.77. The average molecular weight is 283 g/mol. The smallest absolute Gasteiger partial charge is 0.0606 e. The Morgan fingerprint density at radius 3 is 2.79 bits per heavy atom. The number of nitrogens with one attached hydrogen (secondary N) is 1. The second kappa shape index (κ2) is 7.13. The Balaban J connectivity index is 2.24. The Labute approximate surface area is 120 Å². The van der Waals surface area contributed by atoms with Crippen molar-refractivity contribution in [1.82, 2.24) is 5.32 Å². The van der Waals surface area contributed by atoms with Gasteiger partial charge in [0.1, 0.15) is 0 Å². The van der Waals surface area contributed by atoms with Crippen LogP contribution in [0.1, 0.15) is 31.7 Å². The maximum absolute atomic E-state index is 9.31. The molecule has 106 valence electrons. The molecule has 0 aromatic heterocycles. The molecule has 2 N–H and O–H groups in total. The molecule has 1 fully saturated rings. The van der Waals surface area contributed by atoms with Gasteiger partial charge in [-0.2, -0.15) is 0 Å². The lowest BCUT2D eigenvalue weighted by molar-refractivity contribution is 0.283. The molecule has 0 atom stereocenters. The van der Waals surface area contributed by atoms with Crippen molar-refractivity contribution in [3.05, 3.63) is 28.8 Å². The Hall–Kier alpha value is -0.770. The molecule has 2 rings (SSSR count). The number of anilines is 1. The van der Waals surface area contributed by atoms with Gasteiger partial charge in [-0.05, 0) is 43.5 Å². The molecule has 0 bridgehead atoms. The minimum absolute atomic E-state index is 0.184.